The van der Waals surface area contributed by atoms with Crippen molar-refractivity contribution in [3.63, 3.8) is 0 Å². The first-order valence-electron chi connectivity index (χ1n) is 8.52. The van der Waals surface area contributed by atoms with E-state index in [9.17, 15) is 14.4 Å². The van der Waals surface area contributed by atoms with Crippen LogP contribution >= 0.6 is 11.3 Å². The van der Waals surface area contributed by atoms with E-state index in [4.69, 9.17) is 4.52 Å². The summed E-state index contributed by atoms with van der Waals surface area (Å²) in [6, 6.07) is 1.57. The summed E-state index contributed by atoms with van der Waals surface area (Å²) in [5.41, 5.74) is -0.750. The van der Waals surface area contributed by atoms with Gasteiger partial charge in [-0.1, -0.05) is 16.5 Å². The van der Waals surface area contributed by atoms with E-state index in [1.54, 1.807) is 13.0 Å². The average molecular weight is 390 g/mol. The molecule has 0 saturated carbocycles. The Hall–Kier alpha value is -2.95. The molecule has 1 saturated heterocycles. The van der Waals surface area contributed by atoms with Crippen LogP contribution in [0.25, 0.3) is 10.3 Å². The van der Waals surface area contributed by atoms with Gasteiger partial charge in [-0.15, -0.1) is 0 Å². The van der Waals surface area contributed by atoms with E-state index in [0.717, 1.165) is 30.5 Å². The zero-order valence-corrected chi connectivity index (χ0v) is 15.7. The van der Waals surface area contributed by atoms with Gasteiger partial charge >= 0.3 is 5.69 Å². The zero-order valence-electron chi connectivity index (χ0n) is 14.9. The first-order valence-corrected chi connectivity index (χ1v) is 9.34. The molecule has 0 bridgehead atoms. The lowest BCUT2D eigenvalue weighted by molar-refractivity contribution is -0.116. The number of nitrogens with one attached hydrogen (secondary N) is 1. The summed E-state index contributed by atoms with van der Waals surface area (Å²) in [5, 5.41) is 6.97. The van der Waals surface area contributed by atoms with Crippen LogP contribution in [0.4, 0.5) is 10.9 Å². The van der Waals surface area contributed by atoms with Crippen molar-refractivity contribution >= 4 is 38.5 Å². The highest BCUT2D eigenvalue weighted by Gasteiger charge is 2.22. The van der Waals surface area contributed by atoms with Crippen LogP contribution in [0, 0.1) is 6.92 Å². The summed E-state index contributed by atoms with van der Waals surface area (Å²) in [7, 11) is 1.40. The van der Waals surface area contributed by atoms with Gasteiger partial charge in [-0.3, -0.25) is 18.7 Å². The second-order valence-corrected chi connectivity index (χ2v) is 7.42. The highest BCUT2D eigenvalue weighted by atomic mass is 32.1. The summed E-state index contributed by atoms with van der Waals surface area (Å²) in [6.07, 6.45) is 2.14. The van der Waals surface area contributed by atoms with Gasteiger partial charge < -0.3 is 14.7 Å². The van der Waals surface area contributed by atoms with Crippen LogP contribution in [0.15, 0.2) is 20.2 Å². The highest BCUT2D eigenvalue weighted by molar-refractivity contribution is 7.22. The molecule has 3 aromatic heterocycles. The van der Waals surface area contributed by atoms with Crippen LogP contribution in [-0.2, 0) is 18.4 Å². The lowest BCUT2D eigenvalue weighted by atomic mass is 10.4. The fourth-order valence-corrected chi connectivity index (χ4v) is 4.17. The minimum absolute atomic E-state index is 0.237. The molecule has 1 fully saturated rings. The molecule has 0 unspecified atom stereocenters. The van der Waals surface area contributed by atoms with Crippen LogP contribution in [0.3, 0.4) is 0 Å². The van der Waals surface area contributed by atoms with Gasteiger partial charge in [0.05, 0.1) is 0 Å². The summed E-state index contributed by atoms with van der Waals surface area (Å²) in [6.45, 7) is 3.17. The zero-order chi connectivity index (χ0) is 19.1. The number of thiazole rings is 1. The van der Waals surface area contributed by atoms with Crippen LogP contribution in [0.5, 0.6) is 0 Å². The third-order valence-corrected chi connectivity index (χ3v) is 5.54. The Morgan fingerprint density at radius 3 is 2.74 bits per heavy atom. The molecule has 4 heterocycles. The molecule has 142 valence electrons. The Bertz CT molecular complexity index is 1130. The van der Waals surface area contributed by atoms with Crippen LogP contribution in [0.1, 0.15) is 18.6 Å². The molecule has 27 heavy (non-hydrogen) atoms. The highest BCUT2D eigenvalue weighted by Crippen LogP contribution is 2.28. The maximum Gasteiger partial charge on any atom is 0.332 e. The number of carbonyl (C=O) groups is 1. The van der Waals surface area contributed by atoms with E-state index in [1.165, 1.54) is 23.0 Å². The van der Waals surface area contributed by atoms with Crippen molar-refractivity contribution in [2.24, 2.45) is 7.05 Å². The predicted molar refractivity (Wildman–Crippen MR) is 100 cm³/mol. The number of nitrogens with zero attached hydrogens (tertiary/aromatic N) is 5. The molecule has 0 radical (unpaired) electrons. The van der Waals surface area contributed by atoms with E-state index >= 15 is 0 Å². The topological polar surface area (TPSA) is 115 Å². The number of aromatic nitrogens is 4. The molecule has 1 aliphatic rings. The molecular formula is C16H18N6O4S. The molecule has 1 N–H and O–H groups in total. The Morgan fingerprint density at radius 1 is 1.33 bits per heavy atom. The number of hydrogen-bond acceptors (Lipinski definition) is 8. The second kappa shape index (κ2) is 6.65. The smallest absolute Gasteiger partial charge is 0.332 e. The van der Waals surface area contributed by atoms with Gasteiger partial charge in [0.2, 0.25) is 5.91 Å². The number of anilines is 2. The lowest BCUT2D eigenvalue weighted by Crippen LogP contribution is -2.39. The number of rotatable bonds is 4. The Morgan fingerprint density at radius 2 is 2.07 bits per heavy atom. The van der Waals surface area contributed by atoms with Gasteiger partial charge in [0.1, 0.15) is 17.0 Å². The van der Waals surface area contributed by atoms with Crippen LogP contribution in [0.2, 0.25) is 0 Å². The van der Waals surface area contributed by atoms with Crippen molar-refractivity contribution in [2.45, 2.75) is 26.3 Å². The van der Waals surface area contributed by atoms with E-state index in [2.05, 4.69) is 20.4 Å². The number of aryl methyl sites for hydroxylation is 1. The number of amides is 1. The van der Waals surface area contributed by atoms with Crippen molar-refractivity contribution in [3.8, 4) is 0 Å². The van der Waals surface area contributed by atoms with Crippen molar-refractivity contribution in [3.05, 3.63) is 32.7 Å². The molecule has 0 aliphatic carbocycles. The third kappa shape index (κ3) is 3.14. The maximum atomic E-state index is 12.6. The van der Waals surface area contributed by atoms with E-state index in [1.807, 2.05) is 0 Å². The van der Waals surface area contributed by atoms with Crippen LogP contribution in [-0.4, -0.2) is 38.3 Å². The van der Waals surface area contributed by atoms with Crippen molar-refractivity contribution in [1.82, 2.24) is 19.3 Å². The van der Waals surface area contributed by atoms with E-state index in [-0.39, 0.29) is 18.0 Å². The number of fused-ring (bicyclic) bond motifs is 1. The quantitative estimate of drug-likeness (QED) is 0.697. The second-order valence-electron chi connectivity index (χ2n) is 6.45. The number of carbonyl (C=O) groups excluding carboxylic acids is 1. The van der Waals surface area contributed by atoms with Gasteiger partial charge in [-0.2, -0.15) is 0 Å². The fraction of sp³-hybridized carbons (Fsp3) is 0.438. The first kappa shape index (κ1) is 17.5. The molecule has 10 nitrogen and oxygen atoms in total. The Kier molecular flexibility index (Phi) is 4.30. The Balaban J connectivity index is 1.73. The van der Waals surface area contributed by atoms with E-state index < -0.39 is 17.2 Å². The molecule has 4 rings (SSSR count). The molecule has 11 heteroatoms. The van der Waals surface area contributed by atoms with Gasteiger partial charge in [0.25, 0.3) is 5.56 Å². The Labute approximate surface area is 157 Å². The maximum absolute atomic E-state index is 12.6. The van der Waals surface area contributed by atoms with E-state index in [0.29, 0.717) is 15.6 Å². The molecule has 3 aromatic rings. The van der Waals surface area contributed by atoms with Gasteiger partial charge in [-0.25, -0.2) is 9.78 Å². The molecule has 1 amide bonds. The summed E-state index contributed by atoms with van der Waals surface area (Å²) < 4.78 is 7.49. The number of hydrogen-bond donors (Lipinski definition) is 1. The van der Waals surface area contributed by atoms with Gasteiger partial charge in [0.15, 0.2) is 16.6 Å². The first-order chi connectivity index (χ1) is 12.9. The van der Waals surface area contributed by atoms with Gasteiger partial charge in [-0.05, 0) is 19.8 Å². The minimum atomic E-state index is -0.586. The van der Waals surface area contributed by atoms with Gasteiger partial charge in [0, 0.05) is 26.2 Å². The van der Waals surface area contributed by atoms with Crippen molar-refractivity contribution in [2.75, 3.05) is 23.3 Å². The van der Waals surface area contributed by atoms with Crippen molar-refractivity contribution < 1.29 is 9.32 Å². The summed E-state index contributed by atoms with van der Waals surface area (Å²) in [5.74, 6) is 0.366. The van der Waals surface area contributed by atoms with Crippen molar-refractivity contribution in [1.29, 1.82) is 0 Å². The fourth-order valence-electron chi connectivity index (χ4n) is 3.07. The molecular weight excluding hydrogens is 372 g/mol. The summed E-state index contributed by atoms with van der Waals surface area (Å²) >= 11 is 1.26. The molecule has 0 atom stereocenters. The minimum Gasteiger partial charge on any atom is -0.360 e. The third-order valence-electron chi connectivity index (χ3n) is 4.44. The summed E-state index contributed by atoms with van der Waals surface area (Å²) in [4.78, 5) is 44.0. The molecule has 0 aromatic carbocycles. The molecule has 0 spiro atoms. The largest absolute Gasteiger partial charge is 0.360 e. The standard InChI is InChI=1S/C16H18N6O4S/c1-9-7-10(19-26-9)17-11(23)8-22-13-12(14(24)20(2)16(22)25)27-15(18-13)21-5-3-4-6-21/h7H,3-6,8H2,1-2H3,(H,17,19,23). The normalized spacial score (nSPS) is 14.2. The predicted octanol–water partition coefficient (Wildman–Crippen LogP) is 0.692. The average Bonchev–Trinajstić information content (AvgIpc) is 3.37. The monoisotopic (exact) mass is 390 g/mol. The van der Waals surface area contributed by atoms with Crippen LogP contribution < -0.4 is 21.5 Å². The molecule has 1 aliphatic heterocycles. The lowest BCUT2D eigenvalue weighted by Gasteiger charge is -2.12. The SMILES string of the molecule is Cc1cc(NC(=O)Cn2c(=O)n(C)c(=O)c3sc(N4CCCC4)nc32)no1.